The summed E-state index contributed by atoms with van der Waals surface area (Å²) in [4.78, 5) is 47.9. The standard InChI is InChI=1S/C36H42F3N7O4/c1-4-50-29(47)13-9-22-8-12-26(40-18-22)33(48)45-34-43-31-28(46(2)20-35(21-49-3)14-6-5-7-15-35)17-27(42-32(31)44-34)24-16-25(36(37,38)39)30(41-19-24)23-10-11-23/h8,12,16-19,23H,4-7,9-11,13-15,20-21H2,1-3H3,(H2,42,43,44,45,48). The number of aryl methyl sites for hydroxylation is 1. The van der Waals surface area contributed by atoms with Crippen molar-refractivity contribution < 1.29 is 32.2 Å². The molecule has 0 radical (unpaired) electrons. The number of imidazole rings is 1. The van der Waals surface area contributed by atoms with Crippen LogP contribution in [0.4, 0.5) is 24.8 Å². The van der Waals surface area contributed by atoms with Gasteiger partial charge in [-0.25, -0.2) is 4.98 Å². The van der Waals surface area contributed by atoms with Gasteiger partial charge in [0.15, 0.2) is 5.65 Å². The lowest BCUT2D eigenvalue weighted by Crippen LogP contribution is -2.40. The lowest BCUT2D eigenvalue weighted by molar-refractivity contribution is -0.143. The molecule has 4 heterocycles. The maximum Gasteiger partial charge on any atom is 0.418 e. The van der Waals surface area contributed by atoms with Crippen molar-refractivity contribution in [3.05, 3.63) is 59.2 Å². The number of rotatable bonds is 13. The highest BCUT2D eigenvalue weighted by Gasteiger charge is 2.40. The minimum atomic E-state index is -4.56. The van der Waals surface area contributed by atoms with Gasteiger partial charge in [0.05, 0.1) is 35.9 Å². The van der Waals surface area contributed by atoms with Crippen LogP contribution in [0.2, 0.25) is 0 Å². The molecular formula is C36H42F3N7O4. The quantitative estimate of drug-likeness (QED) is 0.141. The van der Waals surface area contributed by atoms with Crippen molar-refractivity contribution in [2.75, 3.05) is 44.1 Å². The summed E-state index contributed by atoms with van der Waals surface area (Å²) in [5.74, 6) is -0.897. The van der Waals surface area contributed by atoms with E-state index in [9.17, 15) is 22.8 Å². The number of H-pyrrole nitrogens is 1. The van der Waals surface area contributed by atoms with Crippen molar-refractivity contribution in [2.45, 2.75) is 76.8 Å². The summed E-state index contributed by atoms with van der Waals surface area (Å²) in [7, 11) is 3.64. The van der Waals surface area contributed by atoms with Gasteiger partial charge in [0.2, 0.25) is 5.95 Å². The SMILES string of the molecule is CCOC(=O)CCc1ccc(C(=O)Nc2nc3nc(-c4cnc(C5CC5)c(C(F)(F)F)c4)cc(N(C)CC4(COC)CCCCC4)c3[nH]2)nc1. The van der Waals surface area contributed by atoms with Gasteiger partial charge in [-0.05, 0) is 62.8 Å². The Morgan fingerprint density at radius 1 is 1.08 bits per heavy atom. The van der Waals surface area contributed by atoms with Gasteiger partial charge < -0.3 is 19.4 Å². The molecule has 2 fully saturated rings. The molecule has 2 N–H and O–H groups in total. The average Bonchev–Trinajstić information content (AvgIpc) is 3.86. The number of fused-ring (bicyclic) bond motifs is 1. The lowest BCUT2D eigenvalue weighted by Gasteiger charge is -2.40. The Morgan fingerprint density at radius 3 is 2.52 bits per heavy atom. The van der Waals surface area contributed by atoms with E-state index in [0.717, 1.165) is 37.3 Å². The van der Waals surface area contributed by atoms with Crippen LogP contribution in [-0.4, -0.2) is 70.7 Å². The number of nitrogens with zero attached hydrogens (tertiary/aromatic N) is 5. The summed E-state index contributed by atoms with van der Waals surface area (Å²) < 4.78 is 53.2. The highest BCUT2D eigenvalue weighted by molar-refractivity contribution is 6.03. The molecular weight excluding hydrogens is 651 g/mol. The van der Waals surface area contributed by atoms with E-state index in [1.807, 2.05) is 7.05 Å². The smallest absolute Gasteiger partial charge is 0.418 e. The average molecular weight is 694 g/mol. The molecule has 2 saturated carbocycles. The number of pyridine rings is 3. The van der Waals surface area contributed by atoms with Crippen LogP contribution in [0, 0.1) is 5.41 Å². The molecule has 0 atom stereocenters. The van der Waals surface area contributed by atoms with Gasteiger partial charge in [-0.1, -0.05) is 25.3 Å². The summed E-state index contributed by atoms with van der Waals surface area (Å²) in [5.41, 5.74) is 2.08. The Bertz CT molecular complexity index is 1830. The van der Waals surface area contributed by atoms with Crippen LogP contribution in [0.3, 0.4) is 0 Å². The van der Waals surface area contributed by atoms with Gasteiger partial charge in [0, 0.05) is 56.4 Å². The van der Waals surface area contributed by atoms with Crippen molar-refractivity contribution in [2.24, 2.45) is 5.41 Å². The molecule has 6 rings (SSSR count). The second kappa shape index (κ2) is 14.7. The molecule has 4 aromatic heterocycles. The Hall–Kier alpha value is -4.59. The first kappa shape index (κ1) is 35.2. The molecule has 0 aromatic carbocycles. The lowest BCUT2D eigenvalue weighted by atomic mass is 9.74. The zero-order chi connectivity index (χ0) is 35.5. The van der Waals surface area contributed by atoms with Crippen LogP contribution < -0.4 is 10.2 Å². The third-order valence-corrected chi connectivity index (χ3v) is 9.49. The number of anilines is 2. The third-order valence-electron chi connectivity index (χ3n) is 9.49. The fourth-order valence-corrected chi connectivity index (χ4v) is 6.91. The number of aromatic amines is 1. The number of methoxy groups -OCH3 is 1. The van der Waals surface area contributed by atoms with Crippen molar-refractivity contribution in [1.29, 1.82) is 0 Å². The molecule has 11 nitrogen and oxygen atoms in total. The van der Waals surface area contributed by atoms with Gasteiger partial charge in [0.25, 0.3) is 5.91 Å². The number of ether oxygens (including phenoxy) is 2. The van der Waals surface area contributed by atoms with Crippen molar-refractivity contribution in [1.82, 2.24) is 24.9 Å². The van der Waals surface area contributed by atoms with Crippen LogP contribution >= 0.6 is 0 Å². The Morgan fingerprint density at radius 2 is 1.86 bits per heavy atom. The number of alkyl halides is 3. The number of amides is 1. The van der Waals surface area contributed by atoms with E-state index in [1.54, 1.807) is 32.2 Å². The topological polar surface area (TPSA) is 135 Å². The number of hydrogen-bond donors (Lipinski definition) is 2. The fourth-order valence-electron chi connectivity index (χ4n) is 6.91. The van der Waals surface area contributed by atoms with Crippen molar-refractivity contribution in [3.63, 3.8) is 0 Å². The van der Waals surface area contributed by atoms with Gasteiger partial charge in [-0.3, -0.25) is 24.9 Å². The molecule has 4 aromatic rings. The molecule has 0 unspecified atom stereocenters. The maximum atomic E-state index is 14.2. The summed E-state index contributed by atoms with van der Waals surface area (Å²) >= 11 is 0. The Kier molecular flexibility index (Phi) is 10.4. The van der Waals surface area contributed by atoms with Crippen LogP contribution in [0.15, 0.2) is 36.7 Å². The van der Waals surface area contributed by atoms with Crippen LogP contribution in [0.1, 0.15) is 91.5 Å². The Balaban J connectivity index is 1.32. The monoisotopic (exact) mass is 693 g/mol. The fraction of sp³-hybridized carbons (Fsp3) is 0.500. The van der Waals surface area contributed by atoms with Crippen LogP contribution in [-0.2, 0) is 26.9 Å². The maximum absolute atomic E-state index is 14.2. The van der Waals surface area contributed by atoms with Gasteiger partial charge in [-0.2, -0.15) is 18.2 Å². The molecule has 0 saturated heterocycles. The van der Waals surface area contributed by atoms with E-state index in [1.165, 1.54) is 18.8 Å². The molecule has 50 heavy (non-hydrogen) atoms. The minimum Gasteiger partial charge on any atom is -0.466 e. The van der Waals surface area contributed by atoms with Gasteiger partial charge >= 0.3 is 12.1 Å². The van der Waals surface area contributed by atoms with Crippen LogP contribution in [0.25, 0.3) is 22.4 Å². The van der Waals surface area contributed by atoms with E-state index in [4.69, 9.17) is 9.47 Å². The number of carbonyl (C=O) groups excluding carboxylic acids is 2. The van der Waals surface area contributed by atoms with E-state index >= 15 is 0 Å². The number of halogens is 3. The van der Waals surface area contributed by atoms with E-state index in [0.29, 0.717) is 50.2 Å². The van der Waals surface area contributed by atoms with Crippen LogP contribution in [0.5, 0.6) is 0 Å². The Labute approximate surface area is 288 Å². The van der Waals surface area contributed by atoms with Gasteiger partial charge in [0.1, 0.15) is 11.2 Å². The highest BCUT2D eigenvalue weighted by atomic mass is 19.4. The first-order chi connectivity index (χ1) is 24.0. The summed E-state index contributed by atoms with van der Waals surface area (Å²) in [6.45, 7) is 3.28. The predicted molar refractivity (Wildman–Crippen MR) is 182 cm³/mol. The molecule has 14 heteroatoms. The van der Waals surface area contributed by atoms with E-state index < -0.39 is 17.6 Å². The minimum absolute atomic E-state index is 0.0730. The number of carbonyl (C=O) groups is 2. The molecule has 2 aliphatic carbocycles. The third kappa shape index (κ3) is 8.06. The normalized spacial score (nSPS) is 16.0. The summed E-state index contributed by atoms with van der Waals surface area (Å²) in [5, 5.41) is 2.74. The number of esters is 1. The first-order valence-electron chi connectivity index (χ1n) is 17.1. The summed E-state index contributed by atoms with van der Waals surface area (Å²) in [6, 6.07) is 6.16. The zero-order valence-electron chi connectivity index (χ0n) is 28.5. The molecule has 1 amide bonds. The van der Waals surface area contributed by atoms with Crippen molar-refractivity contribution in [3.8, 4) is 11.3 Å². The van der Waals surface area contributed by atoms with Gasteiger partial charge in [-0.15, -0.1) is 0 Å². The molecule has 2 aliphatic rings. The molecule has 0 bridgehead atoms. The zero-order valence-corrected chi connectivity index (χ0v) is 28.5. The second-order valence-corrected chi connectivity index (χ2v) is 13.4. The number of nitrogens with one attached hydrogen (secondary N) is 2. The predicted octanol–water partition coefficient (Wildman–Crippen LogP) is 7.09. The number of aromatic nitrogens is 5. The van der Waals surface area contributed by atoms with Crippen molar-refractivity contribution >= 4 is 34.7 Å². The summed E-state index contributed by atoms with van der Waals surface area (Å²) in [6.07, 6.45) is 5.77. The molecule has 0 spiro atoms. The first-order valence-corrected chi connectivity index (χ1v) is 17.1. The largest absolute Gasteiger partial charge is 0.466 e. The molecule has 0 aliphatic heterocycles. The molecule has 266 valence electrons. The van der Waals surface area contributed by atoms with E-state index in [2.05, 4.69) is 35.1 Å². The second-order valence-electron chi connectivity index (χ2n) is 13.4. The van der Waals surface area contributed by atoms with E-state index in [-0.39, 0.29) is 58.0 Å². The highest BCUT2D eigenvalue weighted by Crippen LogP contribution is 2.46. The number of hydrogen-bond acceptors (Lipinski definition) is 9.